The second-order valence-electron chi connectivity index (χ2n) is 10.9. The van der Waals surface area contributed by atoms with Crippen LogP contribution in [0.15, 0.2) is 60.7 Å². The van der Waals surface area contributed by atoms with Gasteiger partial charge in [-0.05, 0) is 79.1 Å². The maximum Gasteiger partial charge on any atom is 0.214 e. The fourth-order valence-electron chi connectivity index (χ4n) is 7.15. The highest BCUT2D eigenvalue weighted by molar-refractivity contribution is 7.89. The zero-order valence-electron chi connectivity index (χ0n) is 21.6. The van der Waals surface area contributed by atoms with Crippen molar-refractivity contribution in [2.45, 2.75) is 43.7 Å². The van der Waals surface area contributed by atoms with Crippen molar-refractivity contribution < 1.29 is 26.7 Å². The van der Waals surface area contributed by atoms with E-state index in [1.807, 2.05) is 36.4 Å². The van der Waals surface area contributed by atoms with Crippen LogP contribution >= 0.6 is 11.6 Å². The highest BCUT2D eigenvalue weighted by atomic mass is 35.5. The van der Waals surface area contributed by atoms with Crippen LogP contribution in [0, 0.1) is 23.5 Å². The predicted octanol–water partition coefficient (Wildman–Crippen LogP) is 6.13. The Bertz CT molecular complexity index is 1480. The number of nitrogens with zero attached hydrogens (tertiary/aromatic N) is 1. The lowest BCUT2D eigenvalue weighted by Crippen LogP contribution is -2.61. The Labute approximate surface area is 232 Å². The topological polar surface area (TPSA) is 55.8 Å². The van der Waals surface area contributed by atoms with Crippen molar-refractivity contribution in [2.24, 2.45) is 11.8 Å². The summed E-state index contributed by atoms with van der Waals surface area (Å²) in [5.74, 6) is -0.617. The summed E-state index contributed by atoms with van der Waals surface area (Å²) in [7, 11) is -1.90. The van der Waals surface area contributed by atoms with E-state index in [-0.39, 0.29) is 48.1 Å². The van der Waals surface area contributed by atoms with Gasteiger partial charge in [-0.15, -0.1) is 0 Å². The SMILES string of the molecule is COc1ccc(CN2[C@@H]3CC[C@@]4(Cc5ccc(Cl)cc5)c5c(F)ccc(F)c5OC[C@H]4[C@@H]3CCS2(=O)=O)cc1. The second kappa shape index (κ2) is 10.1. The number of benzene rings is 3. The molecule has 5 nitrogen and oxygen atoms in total. The first kappa shape index (κ1) is 26.5. The average molecular weight is 574 g/mol. The minimum absolute atomic E-state index is 0.0103. The van der Waals surface area contributed by atoms with Crippen LogP contribution in [-0.4, -0.2) is 38.2 Å². The van der Waals surface area contributed by atoms with E-state index in [0.29, 0.717) is 36.5 Å². The molecule has 0 aromatic heterocycles. The van der Waals surface area contributed by atoms with Crippen molar-refractivity contribution in [3.05, 3.63) is 94.0 Å². The number of ether oxygens (including phenoxy) is 2. The molecule has 3 aliphatic rings. The number of rotatable bonds is 5. The summed E-state index contributed by atoms with van der Waals surface area (Å²) < 4.78 is 70.2. The van der Waals surface area contributed by atoms with Gasteiger partial charge in [0.15, 0.2) is 11.6 Å². The molecule has 206 valence electrons. The van der Waals surface area contributed by atoms with Gasteiger partial charge in [0.25, 0.3) is 0 Å². The van der Waals surface area contributed by atoms with Crippen molar-refractivity contribution in [3.63, 3.8) is 0 Å². The molecule has 1 aliphatic carbocycles. The Morgan fingerprint density at radius 2 is 1.69 bits per heavy atom. The lowest BCUT2D eigenvalue weighted by Gasteiger charge is -2.57. The molecule has 2 fully saturated rings. The summed E-state index contributed by atoms with van der Waals surface area (Å²) in [6.07, 6.45) is 1.99. The molecule has 1 saturated heterocycles. The first-order chi connectivity index (χ1) is 18.7. The lowest BCUT2D eigenvalue weighted by atomic mass is 9.53. The Hall–Kier alpha value is -2.68. The van der Waals surface area contributed by atoms with Gasteiger partial charge < -0.3 is 9.47 Å². The van der Waals surface area contributed by atoms with Crippen LogP contribution in [0.4, 0.5) is 8.78 Å². The third kappa shape index (κ3) is 4.60. The summed E-state index contributed by atoms with van der Waals surface area (Å²) in [6, 6.07) is 16.9. The number of methoxy groups -OCH3 is 1. The molecule has 1 saturated carbocycles. The molecule has 3 aromatic carbocycles. The minimum Gasteiger partial charge on any atom is -0.497 e. The molecule has 6 rings (SSSR count). The first-order valence-electron chi connectivity index (χ1n) is 13.2. The van der Waals surface area contributed by atoms with Crippen LogP contribution in [0.25, 0.3) is 0 Å². The molecular weight excluding hydrogens is 544 g/mol. The summed E-state index contributed by atoms with van der Waals surface area (Å²) in [6.45, 7) is 0.462. The summed E-state index contributed by atoms with van der Waals surface area (Å²) in [4.78, 5) is 0. The van der Waals surface area contributed by atoms with Gasteiger partial charge in [-0.25, -0.2) is 17.2 Å². The molecule has 9 heteroatoms. The fraction of sp³-hybridized carbons (Fsp3) is 0.400. The third-order valence-corrected chi connectivity index (χ3v) is 11.1. The lowest BCUT2D eigenvalue weighted by molar-refractivity contribution is -0.0126. The number of fused-ring (bicyclic) bond motifs is 5. The third-order valence-electron chi connectivity index (χ3n) is 8.94. The Kier molecular flexibility index (Phi) is 6.84. The number of halogens is 3. The van der Waals surface area contributed by atoms with Crippen LogP contribution in [0.3, 0.4) is 0 Å². The van der Waals surface area contributed by atoms with Gasteiger partial charge in [-0.1, -0.05) is 35.9 Å². The number of hydrogen-bond acceptors (Lipinski definition) is 4. The van der Waals surface area contributed by atoms with Crippen molar-refractivity contribution in [1.29, 1.82) is 0 Å². The van der Waals surface area contributed by atoms with E-state index in [4.69, 9.17) is 21.1 Å². The molecule has 0 amide bonds. The Morgan fingerprint density at radius 3 is 2.41 bits per heavy atom. The molecule has 0 bridgehead atoms. The number of sulfonamides is 1. The van der Waals surface area contributed by atoms with E-state index in [1.165, 1.54) is 6.07 Å². The average Bonchev–Trinajstić information content (AvgIpc) is 2.93. The molecule has 3 aromatic rings. The molecule has 39 heavy (non-hydrogen) atoms. The van der Waals surface area contributed by atoms with Gasteiger partial charge in [0.05, 0.1) is 19.5 Å². The van der Waals surface area contributed by atoms with Crippen molar-refractivity contribution in [3.8, 4) is 11.5 Å². The summed E-state index contributed by atoms with van der Waals surface area (Å²) >= 11 is 6.14. The van der Waals surface area contributed by atoms with Gasteiger partial charge in [-0.3, -0.25) is 0 Å². The number of hydrogen-bond donors (Lipinski definition) is 0. The zero-order valence-corrected chi connectivity index (χ0v) is 23.2. The molecule has 2 heterocycles. The fourth-order valence-corrected chi connectivity index (χ4v) is 9.10. The monoisotopic (exact) mass is 573 g/mol. The van der Waals surface area contributed by atoms with E-state index in [2.05, 4.69) is 0 Å². The van der Waals surface area contributed by atoms with Gasteiger partial charge in [0, 0.05) is 34.5 Å². The smallest absolute Gasteiger partial charge is 0.214 e. The van der Waals surface area contributed by atoms with Crippen LogP contribution in [-0.2, 0) is 28.4 Å². The van der Waals surface area contributed by atoms with Crippen molar-refractivity contribution in [1.82, 2.24) is 4.31 Å². The standard InChI is InChI=1S/C30H30ClF2NO4S/c1-37-22-8-4-20(5-9-22)17-34-27-12-14-30(16-19-2-6-21(31)7-3-19)24(23(27)13-15-39(34,35)36)18-38-29-26(33)11-10-25(32)28(29)30/h2-11,23-24,27H,12-18H2,1H3/t23-,24-,27+,30-/m0/s1. The maximum absolute atomic E-state index is 15.6. The van der Waals surface area contributed by atoms with E-state index < -0.39 is 27.1 Å². The Morgan fingerprint density at radius 1 is 1.00 bits per heavy atom. The molecule has 2 aliphatic heterocycles. The second-order valence-corrected chi connectivity index (χ2v) is 13.4. The summed E-state index contributed by atoms with van der Waals surface area (Å²) in [5.41, 5.74) is 1.39. The van der Waals surface area contributed by atoms with Crippen molar-refractivity contribution in [2.75, 3.05) is 19.5 Å². The van der Waals surface area contributed by atoms with Crippen LogP contribution < -0.4 is 9.47 Å². The van der Waals surface area contributed by atoms with E-state index >= 15 is 4.39 Å². The summed E-state index contributed by atoms with van der Waals surface area (Å²) in [5, 5.41) is 0.604. The maximum atomic E-state index is 15.6. The minimum atomic E-state index is -3.49. The molecule has 0 radical (unpaired) electrons. The first-order valence-corrected chi connectivity index (χ1v) is 15.2. The zero-order chi connectivity index (χ0) is 27.4. The predicted molar refractivity (Wildman–Crippen MR) is 146 cm³/mol. The highest BCUT2D eigenvalue weighted by Crippen LogP contribution is 2.57. The normalized spacial score (nSPS) is 27.5. The van der Waals surface area contributed by atoms with Gasteiger partial charge in [0.1, 0.15) is 11.6 Å². The van der Waals surface area contributed by atoms with Crippen LogP contribution in [0.1, 0.15) is 36.0 Å². The largest absolute Gasteiger partial charge is 0.497 e. The highest BCUT2D eigenvalue weighted by Gasteiger charge is 2.58. The molecule has 0 unspecified atom stereocenters. The van der Waals surface area contributed by atoms with Gasteiger partial charge in [-0.2, -0.15) is 4.31 Å². The molecule has 4 atom stereocenters. The Balaban J connectivity index is 1.41. The van der Waals surface area contributed by atoms with Crippen LogP contribution in [0.5, 0.6) is 11.5 Å². The van der Waals surface area contributed by atoms with E-state index in [9.17, 15) is 12.8 Å². The van der Waals surface area contributed by atoms with E-state index in [0.717, 1.165) is 17.2 Å². The van der Waals surface area contributed by atoms with Crippen molar-refractivity contribution >= 4 is 21.6 Å². The quantitative estimate of drug-likeness (QED) is 0.368. The van der Waals surface area contributed by atoms with Crippen LogP contribution in [0.2, 0.25) is 5.02 Å². The van der Waals surface area contributed by atoms with Gasteiger partial charge in [0.2, 0.25) is 10.0 Å². The molecular formula is C30H30ClF2NO4S. The molecule has 0 spiro atoms. The van der Waals surface area contributed by atoms with E-state index in [1.54, 1.807) is 23.5 Å². The molecule has 0 N–H and O–H groups in total. The van der Waals surface area contributed by atoms with Gasteiger partial charge >= 0.3 is 0 Å².